The van der Waals surface area contributed by atoms with Crippen molar-refractivity contribution in [3.05, 3.63) is 58.4 Å². The van der Waals surface area contributed by atoms with E-state index in [0.29, 0.717) is 16.3 Å². The van der Waals surface area contributed by atoms with Gasteiger partial charge in [0.25, 0.3) is 0 Å². The lowest BCUT2D eigenvalue weighted by atomic mass is 9.98. The summed E-state index contributed by atoms with van der Waals surface area (Å²) in [5, 5.41) is 0.554. The first-order valence-corrected chi connectivity index (χ1v) is 6.37. The maximum atomic E-state index is 13.7. The van der Waals surface area contributed by atoms with Crippen molar-refractivity contribution >= 4 is 11.6 Å². The van der Waals surface area contributed by atoms with Crippen molar-refractivity contribution in [3.63, 3.8) is 0 Å². The van der Waals surface area contributed by atoms with Crippen LogP contribution in [0.15, 0.2) is 36.4 Å². The molecule has 0 bridgehead atoms. The van der Waals surface area contributed by atoms with E-state index in [4.69, 9.17) is 26.8 Å². The number of hydrogen-bond acceptors (Lipinski definition) is 3. The van der Waals surface area contributed by atoms with Crippen molar-refractivity contribution in [2.45, 2.75) is 6.04 Å². The molecule has 0 aromatic heterocycles. The van der Waals surface area contributed by atoms with Crippen LogP contribution in [0.5, 0.6) is 11.5 Å². The summed E-state index contributed by atoms with van der Waals surface area (Å²) in [6.07, 6.45) is 0. The Kier molecular flexibility index (Phi) is 4.47. The first-order chi connectivity index (χ1) is 9.56. The number of methoxy groups -OCH3 is 2. The molecule has 1 unspecified atom stereocenters. The molecule has 106 valence electrons. The number of halogens is 2. The maximum Gasteiger partial charge on any atom is 0.165 e. The fraction of sp³-hybridized carbons (Fsp3) is 0.200. The number of nitrogens with two attached hydrogens (primary N) is 1. The molecule has 20 heavy (non-hydrogen) atoms. The smallest absolute Gasteiger partial charge is 0.165 e. The second-order valence-corrected chi connectivity index (χ2v) is 4.69. The zero-order chi connectivity index (χ0) is 14.7. The minimum absolute atomic E-state index is 0.184. The van der Waals surface area contributed by atoms with Crippen LogP contribution in [-0.4, -0.2) is 14.2 Å². The van der Waals surface area contributed by atoms with Gasteiger partial charge in [0.05, 0.1) is 20.3 Å². The first-order valence-electron chi connectivity index (χ1n) is 5.99. The highest BCUT2D eigenvalue weighted by atomic mass is 35.5. The Hall–Kier alpha value is -1.78. The maximum absolute atomic E-state index is 13.7. The fourth-order valence-corrected chi connectivity index (χ4v) is 2.16. The van der Waals surface area contributed by atoms with Gasteiger partial charge in [-0.25, -0.2) is 4.39 Å². The highest BCUT2D eigenvalue weighted by Gasteiger charge is 2.16. The van der Waals surface area contributed by atoms with Crippen LogP contribution in [0.1, 0.15) is 17.2 Å². The zero-order valence-electron chi connectivity index (χ0n) is 11.2. The van der Waals surface area contributed by atoms with Gasteiger partial charge < -0.3 is 15.2 Å². The van der Waals surface area contributed by atoms with E-state index in [9.17, 15) is 4.39 Å². The van der Waals surface area contributed by atoms with Gasteiger partial charge in [-0.05, 0) is 29.8 Å². The molecule has 2 aromatic rings. The van der Waals surface area contributed by atoms with E-state index in [0.717, 1.165) is 5.56 Å². The second kappa shape index (κ2) is 6.11. The molecule has 5 heteroatoms. The van der Waals surface area contributed by atoms with Crippen molar-refractivity contribution < 1.29 is 13.9 Å². The molecule has 0 heterocycles. The molecule has 2 aromatic carbocycles. The SMILES string of the molecule is COc1ccc(C(N)c2ccc(Cl)cc2OC)cc1F. The van der Waals surface area contributed by atoms with Crippen LogP contribution in [-0.2, 0) is 0 Å². The lowest BCUT2D eigenvalue weighted by Gasteiger charge is -2.17. The predicted molar refractivity (Wildman–Crippen MR) is 77.0 cm³/mol. The molecule has 0 spiro atoms. The molecule has 0 aliphatic heterocycles. The summed E-state index contributed by atoms with van der Waals surface area (Å²) in [5.41, 5.74) is 7.54. The Bertz CT molecular complexity index is 619. The molecule has 0 fully saturated rings. The summed E-state index contributed by atoms with van der Waals surface area (Å²) in [6, 6.07) is 9.29. The van der Waals surface area contributed by atoms with E-state index in [-0.39, 0.29) is 5.75 Å². The Balaban J connectivity index is 2.40. The van der Waals surface area contributed by atoms with Gasteiger partial charge in [-0.2, -0.15) is 0 Å². The van der Waals surface area contributed by atoms with Crippen molar-refractivity contribution in [1.29, 1.82) is 0 Å². The summed E-state index contributed by atoms with van der Waals surface area (Å²) in [6.45, 7) is 0. The molecular formula is C15H15ClFNO2. The third-order valence-corrected chi connectivity index (χ3v) is 3.30. The molecule has 0 saturated heterocycles. The summed E-state index contributed by atoms with van der Waals surface area (Å²) in [7, 11) is 2.96. The first kappa shape index (κ1) is 14.6. The average Bonchev–Trinajstić information content (AvgIpc) is 2.46. The number of hydrogen-bond donors (Lipinski definition) is 1. The van der Waals surface area contributed by atoms with E-state index in [1.165, 1.54) is 20.3 Å². The fourth-order valence-electron chi connectivity index (χ4n) is 2.00. The Morgan fingerprint density at radius 2 is 1.75 bits per heavy atom. The topological polar surface area (TPSA) is 44.5 Å². The average molecular weight is 296 g/mol. The molecule has 0 amide bonds. The normalized spacial score (nSPS) is 12.1. The van der Waals surface area contributed by atoms with Gasteiger partial charge in [0.2, 0.25) is 0 Å². The van der Waals surface area contributed by atoms with Crippen LogP contribution in [0.25, 0.3) is 0 Å². The van der Waals surface area contributed by atoms with Crippen LogP contribution in [0, 0.1) is 5.82 Å². The van der Waals surface area contributed by atoms with Crippen LogP contribution in [0.2, 0.25) is 5.02 Å². The van der Waals surface area contributed by atoms with E-state index in [2.05, 4.69) is 0 Å². The van der Waals surface area contributed by atoms with Crippen LogP contribution < -0.4 is 15.2 Å². The predicted octanol–water partition coefficient (Wildman–Crippen LogP) is 3.54. The monoisotopic (exact) mass is 295 g/mol. The molecule has 2 N–H and O–H groups in total. The van der Waals surface area contributed by atoms with Crippen molar-refractivity contribution in [2.75, 3.05) is 14.2 Å². The molecule has 0 aliphatic carbocycles. The summed E-state index contributed by atoms with van der Waals surface area (Å²) < 4.78 is 23.9. The molecule has 2 rings (SSSR count). The lowest BCUT2D eigenvalue weighted by molar-refractivity contribution is 0.386. The van der Waals surface area contributed by atoms with Crippen molar-refractivity contribution in [2.24, 2.45) is 5.73 Å². The summed E-state index contributed by atoms with van der Waals surface area (Å²) >= 11 is 5.91. The molecular weight excluding hydrogens is 281 g/mol. The van der Waals surface area contributed by atoms with Gasteiger partial charge in [0.1, 0.15) is 5.75 Å². The third kappa shape index (κ3) is 2.86. The van der Waals surface area contributed by atoms with Gasteiger partial charge in [-0.3, -0.25) is 0 Å². The summed E-state index contributed by atoms with van der Waals surface area (Å²) in [4.78, 5) is 0. The Morgan fingerprint density at radius 1 is 1.05 bits per heavy atom. The number of ether oxygens (including phenoxy) is 2. The van der Waals surface area contributed by atoms with Crippen LogP contribution >= 0.6 is 11.6 Å². The second-order valence-electron chi connectivity index (χ2n) is 4.26. The third-order valence-electron chi connectivity index (χ3n) is 3.07. The van der Waals surface area contributed by atoms with Crippen LogP contribution in [0.4, 0.5) is 4.39 Å². The standard InChI is InChI=1S/C15H15ClFNO2/c1-19-13-6-3-9(7-12(13)17)15(18)11-5-4-10(16)8-14(11)20-2/h3-8,15H,18H2,1-2H3. The summed E-state index contributed by atoms with van der Waals surface area (Å²) in [5.74, 6) is 0.304. The zero-order valence-corrected chi connectivity index (χ0v) is 11.9. The van der Waals surface area contributed by atoms with E-state index in [1.807, 2.05) is 0 Å². The van der Waals surface area contributed by atoms with Crippen LogP contribution in [0.3, 0.4) is 0 Å². The lowest BCUT2D eigenvalue weighted by Crippen LogP contribution is -2.13. The van der Waals surface area contributed by atoms with Gasteiger partial charge >= 0.3 is 0 Å². The number of rotatable bonds is 4. The van der Waals surface area contributed by atoms with E-state index >= 15 is 0 Å². The highest BCUT2D eigenvalue weighted by molar-refractivity contribution is 6.30. The van der Waals surface area contributed by atoms with Gasteiger partial charge in [-0.15, -0.1) is 0 Å². The molecule has 0 radical (unpaired) electrons. The molecule has 3 nitrogen and oxygen atoms in total. The van der Waals surface area contributed by atoms with Gasteiger partial charge in [0.15, 0.2) is 11.6 Å². The molecule has 0 aliphatic rings. The Labute approximate surface area is 122 Å². The quantitative estimate of drug-likeness (QED) is 0.938. The Morgan fingerprint density at radius 3 is 2.35 bits per heavy atom. The van der Waals surface area contributed by atoms with Crippen molar-refractivity contribution in [3.8, 4) is 11.5 Å². The van der Waals surface area contributed by atoms with Gasteiger partial charge in [0, 0.05) is 10.6 Å². The van der Waals surface area contributed by atoms with Gasteiger partial charge in [-0.1, -0.05) is 23.7 Å². The minimum Gasteiger partial charge on any atom is -0.496 e. The molecule has 0 saturated carbocycles. The molecule has 1 atom stereocenters. The minimum atomic E-state index is -0.511. The highest BCUT2D eigenvalue weighted by Crippen LogP contribution is 2.32. The van der Waals surface area contributed by atoms with E-state index < -0.39 is 11.9 Å². The van der Waals surface area contributed by atoms with E-state index in [1.54, 1.807) is 30.3 Å². The largest absolute Gasteiger partial charge is 0.496 e. The number of benzene rings is 2. The van der Waals surface area contributed by atoms with Crippen molar-refractivity contribution in [1.82, 2.24) is 0 Å².